The zero-order chi connectivity index (χ0) is 15.7. The molecule has 0 aromatic heterocycles. The molecule has 2 aromatic rings. The van der Waals surface area contributed by atoms with Gasteiger partial charge in [-0.2, -0.15) is 0 Å². The molecule has 2 aromatic carbocycles. The van der Waals surface area contributed by atoms with Crippen LogP contribution in [-0.4, -0.2) is 24.3 Å². The number of rotatable bonds is 5. The highest BCUT2D eigenvalue weighted by atomic mass is 16.5. The van der Waals surface area contributed by atoms with Crippen molar-refractivity contribution in [2.24, 2.45) is 0 Å². The number of phenols is 1. The molecule has 0 aliphatic carbocycles. The average molecular weight is 290 g/mol. The van der Waals surface area contributed by atoms with E-state index in [9.17, 15) is 9.90 Å². The molecule has 2 rings (SSSR count). The third-order valence-electron chi connectivity index (χ3n) is 2.60. The second-order valence-corrected chi connectivity index (χ2v) is 4.82. The molecule has 0 aliphatic heterocycles. The van der Waals surface area contributed by atoms with E-state index in [0.29, 0.717) is 12.2 Å². The molecule has 21 heavy (non-hydrogen) atoms. The first kappa shape index (κ1) is 16.8. The maximum Gasteiger partial charge on any atom is 0.293 e. The van der Waals surface area contributed by atoms with E-state index in [1.54, 1.807) is 26.0 Å². The van der Waals surface area contributed by atoms with Crippen LogP contribution in [0, 0.1) is 0 Å². The van der Waals surface area contributed by atoms with E-state index in [1.807, 2.05) is 24.3 Å². The summed E-state index contributed by atoms with van der Waals surface area (Å²) < 4.78 is 9.89. The number of carbonyl (C=O) groups is 1. The van der Waals surface area contributed by atoms with Crippen molar-refractivity contribution in [3.8, 4) is 11.5 Å². The van der Waals surface area contributed by atoms with Crippen LogP contribution < -0.4 is 4.74 Å². The number of ether oxygens (including phenoxy) is 2. The number of benzene rings is 2. The molecule has 0 heterocycles. The fraction of sp³-hybridized carbons (Fsp3) is 0.353. The van der Waals surface area contributed by atoms with Crippen molar-refractivity contribution in [2.75, 3.05) is 6.61 Å². The minimum absolute atomic E-state index is 0.0301. The van der Waals surface area contributed by atoms with Crippen molar-refractivity contribution >= 4 is 17.2 Å². The van der Waals surface area contributed by atoms with Gasteiger partial charge < -0.3 is 14.6 Å². The van der Waals surface area contributed by atoms with Crippen molar-refractivity contribution in [1.82, 2.24) is 0 Å². The maximum atomic E-state index is 9.39. The van der Waals surface area contributed by atoms with Crippen LogP contribution in [0.25, 0.3) is 10.8 Å². The molecule has 4 nitrogen and oxygen atoms in total. The van der Waals surface area contributed by atoms with Gasteiger partial charge in [-0.15, -0.1) is 0 Å². The van der Waals surface area contributed by atoms with E-state index in [4.69, 9.17) is 4.74 Å². The lowest BCUT2D eigenvalue weighted by atomic mass is 10.1. The van der Waals surface area contributed by atoms with Gasteiger partial charge in [-0.25, -0.2) is 0 Å². The van der Waals surface area contributed by atoms with Crippen molar-refractivity contribution in [3.05, 3.63) is 36.4 Å². The predicted octanol–water partition coefficient (Wildman–Crippen LogP) is 3.90. The molecule has 1 N–H and O–H groups in total. The molecular weight excluding hydrogens is 268 g/mol. The van der Waals surface area contributed by atoms with Gasteiger partial charge in [0.2, 0.25) is 0 Å². The summed E-state index contributed by atoms with van der Waals surface area (Å²) >= 11 is 0. The second kappa shape index (κ2) is 8.84. The maximum absolute atomic E-state index is 9.39. The van der Waals surface area contributed by atoms with Crippen LogP contribution in [0.2, 0.25) is 0 Å². The van der Waals surface area contributed by atoms with E-state index in [0.717, 1.165) is 29.5 Å². The lowest BCUT2D eigenvalue weighted by molar-refractivity contribution is -0.131. The quantitative estimate of drug-likeness (QED) is 0.848. The first-order chi connectivity index (χ1) is 10.1. The van der Waals surface area contributed by atoms with E-state index in [2.05, 4.69) is 11.7 Å². The van der Waals surface area contributed by atoms with Crippen LogP contribution >= 0.6 is 0 Å². The molecule has 0 radical (unpaired) electrons. The van der Waals surface area contributed by atoms with E-state index < -0.39 is 0 Å². The minimum Gasteiger partial charge on any atom is -0.508 e. The summed E-state index contributed by atoms with van der Waals surface area (Å²) in [6.07, 6.45) is 1.04. The summed E-state index contributed by atoms with van der Waals surface area (Å²) in [4.78, 5) is 9.39. The Kier molecular flexibility index (Phi) is 7.09. The molecule has 0 bridgehead atoms. The highest BCUT2D eigenvalue weighted by Crippen LogP contribution is 2.24. The number of hydrogen-bond donors (Lipinski definition) is 1. The van der Waals surface area contributed by atoms with E-state index in [-0.39, 0.29) is 6.10 Å². The van der Waals surface area contributed by atoms with Gasteiger partial charge >= 0.3 is 0 Å². The Balaban J connectivity index is 0.000000315. The van der Waals surface area contributed by atoms with Gasteiger partial charge in [0, 0.05) is 0 Å². The Hall–Kier alpha value is -2.23. The van der Waals surface area contributed by atoms with Gasteiger partial charge in [-0.3, -0.25) is 4.79 Å². The van der Waals surface area contributed by atoms with Crippen LogP contribution in [0.1, 0.15) is 27.2 Å². The molecule has 0 saturated carbocycles. The lowest BCUT2D eigenvalue weighted by Gasteiger charge is -2.05. The number of aromatic hydroxyl groups is 1. The number of carbonyl (C=O) groups excluding carboxylic acids is 1. The third kappa shape index (κ3) is 6.17. The molecular formula is C17H22O4. The van der Waals surface area contributed by atoms with Crippen LogP contribution in [0.5, 0.6) is 11.5 Å². The number of phenolic OH excluding ortho intramolecular Hbond substituents is 1. The monoisotopic (exact) mass is 290 g/mol. The van der Waals surface area contributed by atoms with Gasteiger partial charge in [0.15, 0.2) is 0 Å². The SMILES string of the molecule is CC(C)OC=O.CCCOc1ccc2cc(O)ccc2c1. The molecule has 0 fully saturated rings. The normalized spacial score (nSPS) is 9.90. The molecule has 0 spiro atoms. The van der Waals surface area contributed by atoms with Crippen molar-refractivity contribution < 1.29 is 19.4 Å². The van der Waals surface area contributed by atoms with Gasteiger partial charge in [0.1, 0.15) is 11.5 Å². The molecule has 0 amide bonds. The molecule has 0 saturated heterocycles. The topological polar surface area (TPSA) is 55.8 Å². The summed E-state index contributed by atoms with van der Waals surface area (Å²) in [7, 11) is 0. The second-order valence-electron chi connectivity index (χ2n) is 4.82. The Bertz CT molecular complexity index is 564. The summed E-state index contributed by atoms with van der Waals surface area (Å²) in [5, 5.41) is 11.4. The zero-order valence-electron chi connectivity index (χ0n) is 12.7. The summed E-state index contributed by atoms with van der Waals surface area (Å²) in [5.41, 5.74) is 0. The highest BCUT2D eigenvalue weighted by molar-refractivity contribution is 5.85. The standard InChI is InChI=1S/C13H14O2.C4H8O2/c1-2-7-15-13-6-4-10-8-12(14)5-3-11(10)9-13;1-4(2)6-3-5/h3-6,8-9,14H,2,7H2,1H3;3-4H,1-2H3. The van der Waals surface area contributed by atoms with Crippen LogP contribution in [0.3, 0.4) is 0 Å². The van der Waals surface area contributed by atoms with Crippen LogP contribution in [0.4, 0.5) is 0 Å². The Morgan fingerprint density at radius 2 is 1.81 bits per heavy atom. The molecule has 0 unspecified atom stereocenters. The Morgan fingerprint density at radius 3 is 2.38 bits per heavy atom. The third-order valence-corrected chi connectivity index (χ3v) is 2.60. The van der Waals surface area contributed by atoms with Gasteiger partial charge in [0.25, 0.3) is 6.47 Å². The summed E-state index contributed by atoms with van der Waals surface area (Å²) in [5.74, 6) is 1.18. The van der Waals surface area contributed by atoms with Gasteiger partial charge in [-0.05, 0) is 55.3 Å². The highest BCUT2D eigenvalue weighted by Gasteiger charge is 1.98. The Morgan fingerprint density at radius 1 is 1.14 bits per heavy atom. The number of fused-ring (bicyclic) bond motifs is 1. The van der Waals surface area contributed by atoms with Gasteiger partial charge in [-0.1, -0.05) is 19.1 Å². The van der Waals surface area contributed by atoms with Crippen molar-refractivity contribution in [2.45, 2.75) is 33.3 Å². The minimum atomic E-state index is 0.0301. The van der Waals surface area contributed by atoms with E-state index in [1.165, 1.54) is 0 Å². The zero-order valence-corrected chi connectivity index (χ0v) is 12.7. The lowest BCUT2D eigenvalue weighted by Crippen LogP contribution is -1.98. The van der Waals surface area contributed by atoms with Crippen molar-refractivity contribution in [3.63, 3.8) is 0 Å². The first-order valence-corrected chi connectivity index (χ1v) is 7.01. The van der Waals surface area contributed by atoms with Gasteiger partial charge in [0.05, 0.1) is 12.7 Å². The fourth-order valence-electron chi connectivity index (χ4n) is 1.63. The molecule has 114 valence electrons. The summed E-state index contributed by atoms with van der Waals surface area (Å²) in [6.45, 7) is 6.87. The predicted molar refractivity (Wildman–Crippen MR) is 83.7 cm³/mol. The molecule has 0 aliphatic rings. The Labute approximate surface area is 125 Å². The van der Waals surface area contributed by atoms with Crippen LogP contribution in [-0.2, 0) is 9.53 Å². The number of hydrogen-bond acceptors (Lipinski definition) is 4. The molecule has 0 atom stereocenters. The van der Waals surface area contributed by atoms with E-state index >= 15 is 0 Å². The average Bonchev–Trinajstić information content (AvgIpc) is 2.45. The fourth-order valence-corrected chi connectivity index (χ4v) is 1.63. The van der Waals surface area contributed by atoms with Crippen LogP contribution in [0.15, 0.2) is 36.4 Å². The smallest absolute Gasteiger partial charge is 0.293 e. The molecule has 4 heteroatoms. The largest absolute Gasteiger partial charge is 0.508 e. The first-order valence-electron chi connectivity index (χ1n) is 7.01. The summed E-state index contributed by atoms with van der Waals surface area (Å²) in [6, 6.07) is 11.2. The van der Waals surface area contributed by atoms with Crippen molar-refractivity contribution in [1.29, 1.82) is 0 Å².